The summed E-state index contributed by atoms with van der Waals surface area (Å²) in [6.45, 7) is 3.74. The zero-order chi connectivity index (χ0) is 13.2. The Labute approximate surface area is 104 Å². The van der Waals surface area contributed by atoms with Crippen LogP contribution in [0.3, 0.4) is 0 Å². The van der Waals surface area contributed by atoms with Gasteiger partial charge in [0.25, 0.3) is 11.6 Å². The van der Waals surface area contributed by atoms with Crippen LogP contribution in [0, 0.1) is 10.1 Å². The monoisotopic (exact) mass is 256 g/mol. The fraction of sp³-hybridized carbons (Fsp3) is 0.364. The third-order valence-electron chi connectivity index (χ3n) is 2.49. The quantitative estimate of drug-likeness (QED) is 0.617. The van der Waals surface area contributed by atoms with Crippen LogP contribution in [0.15, 0.2) is 18.2 Å². The molecule has 1 aromatic rings. The molecule has 1 amide bonds. The number of nitro benzene ring substituents is 1. The van der Waals surface area contributed by atoms with Gasteiger partial charge >= 0.3 is 0 Å². The summed E-state index contributed by atoms with van der Waals surface area (Å²) in [5, 5.41) is 10.6. The molecule has 0 spiro atoms. The predicted octanol–water partition coefficient (Wildman–Crippen LogP) is 2.73. The van der Waals surface area contributed by atoms with Gasteiger partial charge in [-0.2, -0.15) is 0 Å². The lowest BCUT2D eigenvalue weighted by molar-refractivity contribution is -0.384. The number of nitro groups is 1. The van der Waals surface area contributed by atoms with Crippen molar-refractivity contribution in [1.82, 2.24) is 4.90 Å². The first kappa shape index (κ1) is 13.4. The van der Waals surface area contributed by atoms with E-state index in [9.17, 15) is 14.9 Å². The number of halogens is 1. The van der Waals surface area contributed by atoms with Gasteiger partial charge in [-0.3, -0.25) is 14.9 Å². The summed E-state index contributed by atoms with van der Waals surface area (Å²) in [5.74, 6) is -0.250. The van der Waals surface area contributed by atoms with Gasteiger partial charge in [0.05, 0.1) is 15.5 Å². The summed E-state index contributed by atoms with van der Waals surface area (Å²) in [6.07, 6.45) is 0. The summed E-state index contributed by atoms with van der Waals surface area (Å²) < 4.78 is 0. The van der Waals surface area contributed by atoms with Crippen molar-refractivity contribution in [2.75, 3.05) is 7.05 Å². The lowest BCUT2D eigenvalue weighted by atomic mass is 10.1. The van der Waals surface area contributed by atoms with Crippen LogP contribution in [0.2, 0.25) is 5.02 Å². The Morgan fingerprint density at radius 2 is 2.06 bits per heavy atom. The molecular weight excluding hydrogens is 244 g/mol. The van der Waals surface area contributed by atoms with Crippen LogP contribution in [0.5, 0.6) is 0 Å². The molecular formula is C11H13ClN2O3. The van der Waals surface area contributed by atoms with E-state index in [1.807, 2.05) is 13.8 Å². The highest BCUT2D eigenvalue weighted by Gasteiger charge is 2.19. The second-order valence-electron chi connectivity index (χ2n) is 3.93. The molecule has 0 bridgehead atoms. The lowest BCUT2D eigenvalue weighted by Crippen LogP contribution is -2.33. The predicted molar refractivity (Wildman–Crippen MR) is 65.3 cm³/mol. The summed E-state index contributed by atoms with van der Waals surface area (Å²) in [4.78, 5) is 23.5. The third kappa shape index (κ3) is 2.94. The molecule has 5 nitrogen and oxygen atoms in total. The molecule has 0 N–H and O–H groups in total. The Kier molecular flexibility index (Phi) is 4.07. The van der Waals surface area contributed by atoms with Crippen molar-refractivity contribution in [3.63, 3.8) is 0 Å². The van der Waals surface area contributed by atoms with Crippen LogP contribution in [0.25, 0.3) is 0 Å². The first-order valence-corrected chi connectivity index (χ1v) is 5.43. The van der Waals surface area contributed by atoms with E-state index in [0.717, 1.165) is 0 Å². The normalized spacial score (nSPS) is 10.4. The number of carbonyl (C=O) groups excluding carboxylic acids is 1. The number of benzene rings is 1. The van der Waals surface area contributed by atoms with Crippen molar-refractivity contribution in [1.29, 1.82) is 0 Å². The number of rotatable bonds is 3. The highest BCUT2D eigenvalue weighted by Crippen LogP contribution is 2.23. The van der Waals surface area contributed by atoms with E-state index >= 15 is 0 Å². The van der Waals surface area contributed by atoms with E-state index in [2.05, 4.69) is 0 Å². The van der Waals surface area contributed by atoms with Gasteiger partial charge in [-0.15, -0.1) is 0 Å². The Morgan fingerprint density at radius 3 is 2.47 bits per heavy atom. The zero-order valence-electron chi connectivity index (χ0n) is 9.81. The molecule has 1 aromatic carbocycles. The second-order valence-corrected chi connectivity index (χ2v) is 4.34. The van der Waals surface area contributed by atoms with Crippen LogP contribution in [-0.2, 0) is 0 Å². The van der Waals surface area contributed by atoms with Crippen LogP contribution in [-0.4, -0.2) is 28.8 Å². The number of nitrogens with zero attached hydrogens (tertiary/aromatic N) is 2. The van der Waals surface area contributed by atoms with E-state index in [1.165, 1.54) is 23.1 Å². The smallest absolute Gasteiger partial charge is 0.270 e. The van der Waals surface area contributed by atoms with Crippen molar-refractivity contribution in [2.45, 2.75) is 19.9 Å². The third-order valence-corrected chi connectivity index (χ3v) is 2.80. The molecule has 92 valence electrons. The summed E-state index contributed by atoms with van der Waals surface area (Å²) in [6, 6.07) is 3.87. The lowest BCUT2D eigenvalue weighted by Gasteiger charge is -2.21. The van der Waals surface area contributed by atoms with Crippen molar-refractivity contribution in [3.8, 4) is 0 Å². The molecule has 1 rings (SSSR count). The van der Waals surface area contributed by atoms with E-state index in [1.54, 1.807) is 7.05 Å². The van der Waals surface area contributed by atoms with E-state index < -0.39 is 4.92 Å². The topological polar surface area (TPSA) is 63.5 Å². The van der Waals surface area contributed by atoms with Gasteiger partial charge in [-0.1, -0.05) is 11.6 Å². The highest BCUT2D eigenvalue weighted by atomic mass is 35.5. The Bertz CT molecular complexity index is 460. The summed E-state index contributed by atoms with van der Waals surface area (Å²) in [5.41, 5.74) is 0.146. The van der Waals surface area contributed by atoms with Gasteiger partial charge in [-0.05, 0) is 19.9 Å². The minimum atomic E-state index is -0.549. The molecule has 17 heavy (non-hydrogen) atoms. The fourth-order valence-corrected chi connectivity index (χ4v) is 1.47. The van der Waals surface area contributed by atoms with Crippen LogP contribution >= 0.6 is 11.6 Å². The van der Waals surface area contributed by atoms with Gasteiger partial charge < -0.3 is 4.90 Å². The standard InChI is InChI=1S/C11H13ClN2O3/c1-7(2)13(3)11(15)9-5-4-8(14(16)17)6-10(9)12/h4-7H,1-3H3. The van der Waals surface area contributed by atoms with Gasteiger partial charge in [0, 0.05) is 25.2 Å². The zero-order valence-corrected chi connectivity index (χ0v) is 10.6. The fourth-order valence-electron chi connectivity index (χ4n) is 1.22. The number of carbonyl (C=O) groups is 1. The van der Waals surface area contributed by atoms with Crippen molar-refractivity contribution < 1.29 is 9.72 Å². The minimum absolute atomic E-state index is 0.0359. The number of non-ortho nitro benzene ring substituents is 1. The molecule has 0 aromatic heterocycles. The summed E-state index contributed by atoms with van der Waals surface area (Å²) in [7, 11) is 1.66. The van der Waals surface area contributed by atoms with Crippen LogP contribution in [0.1, 0.15) is 24.2 Å². The first-order chi connectivity index (χ1) is 7.84. The molecule has 0 fully saturated rings. The van der Waals surface area contributed by atoms with Crippen LogP contribution in [0.4, 0.5) is 5.69 Å². The van der Waals surface area contributed by atoms with E-state index in [-0.39, 0.29) is 28.2 Å². The largest absolute Gasteiger partial charge is 0.339 e. The molecule has 0 unspecified atom stereocenters. The van der Waals surface area contributed by atoms with E-state index in [4.69, 9.17) is 11.6 Å². The van der Waals surface area contributed by atoms with Crippen molar-refractivity contribution >= 4 is 23.2 Å². The second kappa shape index (κ2) is 5.14. The minimum Gasteiger partial charge on any atom is -0.339 e. The Morgan fingerprint density at radius 1 is 1.47 bits per heavy atom. The summed E-state index contributed by atoms with van der Waals surface area (Å²) >= 11 is 5.87. The van der Waals surface area contributed by atoms with Crippen molar-refractivity contribution in [2.24, 2.45) is 0 Å². The molecule has 6 heteroatoms. The SMILES string of the molecule is CC(C)N(C)C(=O)c1ccc([N+](=O)[O-])cc1Cl. The molecule has 0 aliphatic carbocycles. The molecule has 0 aliphatic heterocycles. The molecule has 0 radical (unpaired) electrons. The number of amides is 1. The molecule has 0 saturated heterocycles. The highest BCUT2D eigenvalue weighted by molar-refractivity contribution is 6.34. The van der Waals surface area contributed by atoms with Gasteiger partial charge in [0.2, 0.25) is 0 Å². The molecule has 0 aliphatic rings. The van der Waals surface area contributed by atoms with Gasteiger partial charge in [0.1, 0.15) is 0 Å². The number of hydrogen-bond donors (Lipinski definition) is 0. The maximum Gasteiger partial charge on any atom is 0.270 e. The Balaban J connectivity index is 3.08. The molecule has 0 saturated carbocycles. The maximum absolute atomic E-state index is 12.0. The average Bonchev–Trinajstić information content (AvgIpc) is 2.26. The maximum atomic E-state index is 12.0. The van der Waals surface area contributed by atoms with E-state index in [0.29, 0.717) is 0 Å². The van der Waals surface area contributed by atoms with Gasteiger partial charge in [0.15, 0.2) is 0 Å². The number of hydrogen-bond acceptors (Lipinski definition) is 3. The average molecular weight is 257 g/mol. The molecule has 0 heterocycles. The van der Waals surface area contributed by atoms with Crippen molar-refractivity contribution in [3.05, 3.63) is 38.9 Å². The first-order valence-electron chi connectivity index (χ1n) is 5.05. The van der Waals surface area contributed by atoms with Gasteiger partial charge in [-0.25, -0.2) is 0 Å². The van der Waals surface area contributed by atoms with Crippen LogP contribution < -0.4 is 0 Å². The molecule has 0 atom stereocenters. The Hall–Kier alpha value is -1.62.